The molecule has 0 bridgehead atoms. The van der Waals surface area contributed by atoms with Crippen molar-refractivity contribution in [3.8, 4) is 11.5 Å². The first-order valence-electron chi connectivity index (χ1n) is 9.34. The van der Waals surface area contributed by atoms with Crippen molar-refractivity contribution in [1.82, 2.24) is 4.90 Å². The second-order valence-electron chi connectivity index (χ2n) is 7.06. The van der Waals surface area contributed by atoms with Crippen LogP contribution in [0.5, 0.6) is 11.5 Å². The van der Waals surface area contributed by atoms with E-state index >= 15 is 0 Å². The van der Waals surface area contributed by atoms with Crippen LogP contribution >= 0.6 is 11.6 Å². The summed E-state index contributed by atoms with van der Waals surface area (Å²) in [5.74, 6) is 0.770. The van der Waals surface area contributed by atoms with E-state index < -0.39 is 15.9 Å². The number of nitrogens with zero attached hydrogens (tertiary/aromatic N) is 1. The Balaban J connectivity index is 1.82. The van der Waals surface area contributed by atoms with E-state index in [4.69, 9.17) is 21.1 Å². The average molecular weight is 438 g/mol. The molecule has 8 heteroatoms. The van der Waals surface area contributed by atoms with Crippen molar-refractivity contribution in [2.24, 2.45) is 0 Å². The van der Waals surface area contributed by atoms with Crippen LogP contribution in [0.25, 0.3) is 0 Å². The highest BCUT2D eigenvalue weighted by Crippen LogP contribution is 2.28. The molecule has 156 valence electrons. The molecule has 6 nitrogen and oxygen atoms in total. The maximum absolute atomic E-state index is 13.3. The Labute approximate surface area is 176 Å². The van der Waals surface area contributed by atoms with Gasteiger partial charge in [0.1, 0.15) is 0 Å². The van der Waals surface area contributed by atoms with Crippen molar-refractivity contribution in [1.29, 1.82) is 0 Å². The first kappa shape index (κ1) is 21.5. The molecular weight excluding hydrogens is 414 g/mol. The standard InChI is InChI=1S/C21H24ClNO5S/c1-15(28-20-6-4-3-5-19(20)27-2)21(24)23(18-11-12-29(25,26)14-18)13-16-7-9-17(22)10-8-16/h3-10,15,18H,11-14H2,1-2H3/t15-,18+/m1/s1. The Kier molecular flexibility index (Phi) is 6.70. The maximum atomic E-state index is 13.3. The summed E-state index contributed by atoms with van der Waals surface area (Å²) in [6.07, 6.45) is -0.384. The predicted octanol–water partition coefficient (Wildman–Crippen LogP) is 3.33. The third-order valence-electron chi connectivity index (χ3n) is 4.92. The van der Waals surface area contributed by atoms with Crippen LogP contribution in [0.1, 0.15) is 18.9 Å². The van der Waals surface area contributed by atoms with E-state index in [1.807, 2.05) is 18.2 Å². The Morgan fingerprint density at radius 1 is 1.17 bits per heavy atom. The minimum absolute atomic E-state index is 0.0340. The van der Waals surface area contributed by atoms with E-state index in [1.54, 1.807) is 42.2 Å². The number of rotatable bonds is 7. The smallest absolute Gasteiger partial charge is 0.263 e. The summed E-state index contributed by atoms with van der Waals surface area (Å²) in [5, 5.41) is 0.600. The topological polar surface area (TPSA) is 72.9 Å². The van der Waals surface area contributed by atoms with Gasteiger partial charge in [-0.1, -0.05) is 35.9 Å². The van der Waals surface area contributed by atoms with Crippen molar-refractivity contribution >= 4 is 27.3 Å². The van der Waals surface area contributed by atoms with E-state index in [-0.39, 0.29) is 30.0 Å². The van der Waals surface area contributed by atoms with Crippen LogP contribution in [-0.4, -0.2) is 50.0 Å². The fourth-order valence-corrected chi connectivity index (χ4v) is 5.24. The summed E-state index contributed by atoms with van der Waals surface area (Å²) in [4.78, 5) is 14.9. The minimum Gasteiger partial charge on any atom is -0.493 e. The lowest BCUT2D eigenvalue weighted by molar-refractivity contribution is -0.140. The van der Waals surface area contributed by atoms with Gasteiger partial charge in [-0.15, -0.1) is 0 Å². The number of benzene rings is 2. The van der Waals surface area contributed by atoms with Gasteiger partial charge < -0.3 is 14.4 Å². The van der Waals surface area contributed by atoms with Gasteiger partial charge in [0.2, 0.25) is 0 Å². The molecule has 1 saturated heterocycles. The minimum atomic E-state index is -3.14. The van der Waals surface area contributed by atoms with Gasteiger partial charge in [-0.2, -0.15) is 0 Å². The Bertz CT molecular complexity index is 961. The molecule has 1 aliphatic rings. The van der Waals surface area contributed by atoms with Crippen LogP contribution in [-0.2, 0) is 21.2 Å². The van der Waals surface area contributed by atoms with Gasteiger partial charge in [-0.3, -0.25) is 4.79 Å². The molecule has 3 rings (SSSR count). The fourth-order valence-electron chi connectivity index (χ4n) is 3.39. The first-order chi connectivity index (χ1) is 13.8. The molecule has 0 N–H and O–H groups in total. The molecule has 0 radical (unpaired) electrons. The summed E-state index contributed by atoms with van der Waals surface area (Å²) in [7, 11) is -1.61. The number of methoxy groups -OCH3 is 1. The lowest BCUT2D eigenvalue weighted by Crippen LogP contribution is -2.46. The van der Waals surface area contributed by atoms with Crippen molar-refractivity contribution in [2.45, 2.75) is 32.0 Å². The summed E-state index contributed by atoms with van der Waals surface area (Å²) < 4.78 is 35.2. The largest absolute Gasteiger partial charge is 0.493 e. The number of carbonyl (C=O) groups excluding carboxylic acids is 1. The molecule has 0 saturated carbocycles. The predicted molar refractivity (Wildman–Crippen MR) is 112 cm³/mol. The van der Waals surface area contributed by atoms with Crippen molar-refractivity contribution in [2.75, 3.05) is 18.6 Å². The van der Waals surface area contributed by atoms with E-state index in [0.717, 1.165) is 5.56 Å². The van der Waals surface area contributed by atoms with Crippen molar-refractivity contribution < 1.29 is 22.7 Å². The monoisotopic (exact) mass is 437 g/mol. The van der Waals surface area contributed by atoms with Crippen LogP contribution in [0.2, 0.25) is 5.02 Å². The summed E-state index contributed by atoms with van der Waals surface area (Å²) >= 11 is 5.95. The Morgan fingerprint density at radius 2 is 1.83 bits per heavy atom. The van der Waals surface area contributed by atoms with Crippen LogP contribution in [0.15, 0.2) is 48.5 Å². The van der Waals surface area contributed by atoms with Crippen LogP contribution in [0.3, 0.4) is 0 Å². The summed E-state index contributed by atoms with van der Waals surface area (Å²) in [6.45, 7) is 1.95. The fraction of sp³-hybridized carbons (Fsp3) is 0.381. The quantitative estimate of drug-likeness (QED) is 0.664. The molecule has 1 heterocycles. The number of halogens is 1. The number of para-hydroxylation sites is 2. The molecule has 0 aromatic heterocycles. The molecule has 1 aliphatic heterocycles. The van der Waals surface area contributed by atoms with Gasteiger partial charge in [0.25, 0.3) is 5.91 Å². The highest BCUT2D eigenvalue weighted by Gasteiger charge is 2.36. The van der Waals surface area contributed by atoms with Crippen LogP contribution in [0.4, 0.5) is 0 Å². The number of carbonyl (C=O) groups is 1. The SMILES string of the molecule is COc1ccccc1O[C@H](C)C(=O)N(Cc1ccc(Cl)cc1)[C@H]1CCS(=O)(=O)C1. The normalized spacial score (nSPS) is 18.8. The lowest BCUT2D eigenvalue weighted by atomic mass is 10.1. The maximum Gasteiger partial charge on any atom is 0.263 e. The van der Waals surface area contributed by atoms with Gasteiger partial charge in [-0.25, -0.2) is 8.42 Å². The third-order valence-corrected chi connectivity index (χ3v) is 6.92. The van der Waals surface area contributed by atoms with Crippen molar-refractivity contribution in [3.63, 3.8) is 0 Å². The molecule has 2 aromatic carbocycles. The summed E-state index contributed by atoms with van der Waals surface area (Å²) in [6, 6.07) is 13.9. The van der Waals surface area contributed by atoms with E-state index in [2.05, 4.69) is 0 Å². The van der Waals surface area contributed by atoms with Crippen LogP contribution < -0.4 is 9.47 Å². The Morgan fingerprint density at radius 3 is 2.41 bits per heavy atom. The second kappa shape index (κ2) is 9.05. The van der Waals surface area contributed by atoms with E-state index in [9.17, 15) is 13.2 Å². The molecule has 1 amide bonds. The van der Waals surface area contributed by atoms with E-state index in [1.165, 1.54) is 7.11 Å². The zero-order valence-electron chi connectivity index (χ0n) is 16.4. The molecule has 2 atom stereocenters. The zero-order chi connectivity index (χ0) is 21.0. The molecule has 0 spiro atoms. The molecule has 29 heavy (non-hydrogen) atoms. The number of ether oxygens (including phenoxy) is 2. The van der Waals surface area contributed by atoms with Gasteiger partial charge in [-0.05, 0) is 43.2 Å². The molecule has 0 unspecified atom stereocenters. The number of hydrogen-bond acceptors (Lipinski definition) is 5. The number of hydrogen-bond donors (Lipinski definition) is 0. The van der Waals surface area contributed by atoms with E-state index in [0.29, 0.717) is 22.9 Å². The molecule has 0 aliphatic carbocycles. The summed E-state index contributed by atoms with van der Waals surface area (Å²) in [5.41, 5.74) is 0.872. The van der Waals surface area contributed by atoms with Gasteiger partial charge in [0.15, 0.2) is 27.4 Å². The molecule has 2 aromatic rings. The number of sulfone groups is 1. The zero-order valence-corrected chi connectivity index (χ0v) is 17.9. The molecule has 1 fully saturated rings. The Hall–Kier alpha value is -2.25. The van der Waals surface area contributed by atoms with Crippen LogP contribution in [0, 0.1) is 0 Å². The molecular formula is C21H24ClNO5S. The van der Waals surface area contributed by atoms with Gasteiger partial charge in [0, 0.05) is 17.6 Å². The second-order valence-corrected chi connectivity index (χ2v) is 9.73. The van der Waals surface area contributed by atoms with Gasteiger partial charge >= 0.3 is 0 Å². The highest BCUT2D eigenvalue weighted by molar-refractivity contribution is 7.91. The first-order valence-corrected chi connectivity index (χ1v) is 11.5. The number of amides is 1. The highest BCUT2D eigenvalue weighted by atomic mass is 35.5. The van der Waals surface area contributed by atoms with Crippen molar-refractivity contribution in [3.05, 3.63) is 59.1 Å². The average Bonchev–Trinajstić information content (AvgIpc) is 3.06. The third kappa shape index (κ3) is 5.42. The lowest BCUT2D eigenvalue weighted by Gasteiger charge is -2.31. The van der Waals surface area contributed by atoms with Gasteiger partial charge in [0.05, 0.1) is 18.6 Å².